The first kappa shape index (κ1) is 11.7. The molecule has 1 aliphatic heterocycles. The van der Waals surface area contributed by atoms with Gasteiger partial charge in [0.05, 0.1) is 7.11 Å². The molecule has 0 radical (unpaired) electrons. The third-order valence-electron chi connectivity index (χ3n) is 3.06. The van der Waals surface area contributed by atoms with E-state index in [1.54, 1.807) is 0 Å². The number of hydrogen-bond acceptors (Lipinski definition) is 3. The summed E-state index contributed by atoms with van der Waals surface area (Å²) in [6, 6.07) is 8.11. The van der Waals surface area contributed by atoms with Gasteiger partial charge >= 0.3 is 5.97 Å². The Morgan fingerprint density at radius 2 is 2.12 bits per heavy atom. The molecule has 0 N–H and O–H groups in total. The van der Waals surface area contributed by atoms with E-state index >= 15 is 0 Å². The first-order valence-corrected chi connectivity index (χ1v) is 5.81. The molecule has 0 saturated heterocycles. The number of fused-ring (bicyclic) bond motifs is 1. The van der Waals surface area contributed by atoms with Gasteiger partial charge in [-0.25, -0.2) is 4.79 Å². The molecule has 0 unspecified atom stereocenters. The molecule has 0 amide bonds. The van der Waals surface area contributed by atoms with Gasteiger partial charge < -0.3 is 9.64 Å². The van der Waals surface area contributed by atoms with Gasteiger partial charge in [-0.3, -0.25) is 0 Å². The zero-order valence-electron chi connectivity index (χ0n) is 10.3. The van der Waals surface area contributed by atoms with Crippen molar-refractivity contribution in [2.75, 3.05) is 25.6 Å². The van der Waals surface area contributed by atoms with Crippen molar-refractivity contribution in [3.8, 4) is 0 Å². The van der Waals surface area contributed by atoms with Crippen LogP contribution in [0.1, 0.15) is 18.4 Å². The molecule has 1 aliphatic rings. The summed E-state index contributed by atoms with van der Waals surface area (Å²) in [5, 5.41) is 0. The third-order valence-corrected chi connectivity index (χ3v) is 3.06. The number of benzene rings is 1. The van der Waals surface area contributed by atoms with Gasteiger partial charge in [0.25, 0.3) is 0 Å². The minimum atomic E-state index is -0.218. The van der Waals surface area contributed by atoms with Crippen LogP contribution in [0.2, 0.25) is 0 Å². The van der Waals surface area contributed by atoms with Gasteiger partial charge in [0.15, 0.2) is 0 Å². The van der Waals surface area contributed by atoms with Gasteiger partial charge in [-0.1, -0.05) is 18.2 Å². The minimum absolute atomic E-state index is 0.218. The van der Waals surface area contributed by atoms with Crippen LogP contribution in [0.4, 0.5) is 5.69 Å². The standard InChI is InChI=1S/C14H17NO2/c1-15-9-5-7-12(14(16)17-2)10-11-6-3-4-8-13(11)15/h3-4,6,8,10H,5,7,9H2,1-2H3/b12-10+. The predicted octanol–water partition coefficient (Wildman–Crippen LogP) is 2.47. The fourth-order valence-corrected chi connectivity index (χ4v) is 2.14. The van der Waals surface area contributed by atoms with Crippen LogP contribution in [0.15, 0.2) is 29.8 Å². The van der Waals surface area contributed by atoms with Crippen LogP contribution in [0.25, 0.3) is 6.08 Å². The largest absolute Gasteiger partial charge is 0.466 e. The first-order valence-electron chi connectivity index (χ1n) is 5.81. The Morgan fingerprint density at radius 1 is 1.35 bits per heavy atom. The number of anilines is 1. The molecule has 1 heterocycles. The van der Waals surface area contributed by atoms with E-state index in [1.807, 2.05) is 24.3 Å². The van der Waals surface area contributed by atoms with E-state index in [1.165, 1.54) is 7.11 Å². The summed E-state index contributed by atoms with van der Waals surface area (Å²) in [5.41, 5.74) is 3.00. The molecule has 0 aromatic heterocycles. The van der Waals surface area contributed by atoms with Crippen LogP contribution < -0.4 is 4.90 Å². The number of hydrogen-bond donors (Lipinski definition) is 0. The van der Waals surface area contributed by atoms with Crippen LogP contribution in [0, 0.1) is 0 Å². The topological polar surface area (TPSA) is 29.5 Å². The van der Waals surface area contributed by atoms with Crippen molar-refractivity contribution in [3.63, 3.8) is 0 Å². The first-order chi connectivity index (χ1) is 8.22. The predicted molar refractivity (Wildman–Crippen MR) is 68.9 cm³/mol. The number of rotatable bonds is 1. The molecule has 0 fully saturated rings. The van der Waals surface area contributed by atoms with E-state index in [0.29, 0.717) is 0 Å². The van der Waals surface area contributed by atoms with Crippen molar-refractivity contribution in [3.05, 3.63) is 35.4 Å². The van der Waals surface area contributed by atoms with Gasteiger partial charge in [-0.15, -0.1) is 0 Å². The van der Waals surface area contributed by atoms with E-state index in [4.69, 9.17) is 4.74 Å². The second-order valence-corrected chi connectivity index (χ2v) is 4.25. The lowest BCUT2D eigenvalue weighted by molar-refractivity contribution is -0.136. The van der Waals surface area contributed by atoms with Gasteiger partial charge in [0.1, 0.15) is 0 Å². The van der Waals surface area contributed by atoms with Crippen molar-refractivity contribution in [2.24, 2.45) is 0 Å². The second kappa shape index (κ2) is 5.04. The fourth-order valence-electron chi connectivity index (χ4n) is 2.14. The molecule has 0 spiro atoms. The molecule has 0 bridgehead atoms. The van der Waals surface area contributed by atoms with Gasteiger partial charge in [0, 0.05) is 24.9 Å². The number of ether oxygens (including phenoxy) is 1. The summed E-state index contributed by atoms with van der Waals surface area (Å²) < 4.78 is 4.81. The summed E-state index contributed by atoms with van der Waals surface area (Å²) in [6.45, 7) is 0.950. The molecule has 2 rings (SSSR count). The fraction of sp³-hybridized carbons (Fsp3) is 0.357. The molecule has 17 heavy (non-hydrogen) atoms. The quantitative estimate of drug-likeness (QED) is 0.695. The molecular weight excluding hydrogens is 214 g/mol. The molecule has 1 aromatic rings. The SMILES string of the molecule is COC(=O)/C1=C/c2ccccc2N(C)CCC1. The smallest absolute Gasteiger partial charge is 0.333 e. The number of methoxy groups -OCH3 is 1. The average molecular weight is 231 g/mol. The van der Waals surface area contributed by atoms with Crippen LogP contribution in [-0.2, 0) is 9.53 Å². The molecular formula is C14H17NO2. The molecule has 90 valence electrons. The molecule has 0 saturated carbocycles. The van der Waals surface area contributed by atoms with Crippen LogP contribution in [-0.4, -0.2) is 26.7 Å². The van der Waals surface area contributed by atoms with E-state index in [2.05, 4.69) is 18.0 Å². The lowest BCUT2D eigenvalue weighted by atomic mass is 10.0. The molecule has 1 aromatic carbocycles. The van der Waals surface area contributed by atoms with E-state index in [9.17, 15) is 4.79 Å². The van der Waals surface area contributed by atoms with E-state index in [-0.39, 0.29) is 5.97 Å². The van der Waals surface area contributed by atoms with Crippen molar-refractivity contribution in [1.29, 1.82) is 0 Å². The van der Waals surface area contributed by atoms with Crippen LogP contribution in [0.5, 0.6) is 0 Å². The van der Waals surface area contributed by atoms with Crippen molar-refractivity contribution in [2.45, 2.75) is 12.8 Å². The van der Waals surface area contributed by atoms with Gasteiger partial charge in [-0.05, 0) is 30.5 Å². The highest BCUT2D eigenvalue weighted by Crippen LogP contribution is 2.26. The summed E-state index contributed by atoms with van der Waals surface area (Å²) in [6.07, 6.45) is 3.67. The highest BCUT2D eigenvalue weighted by atomic mass is 16.5. The summed E-state index contributed by atoms with van der Waals surface area (Å²) in [7, 11) is 3.51. The Kier molecular flexibility index (Phi) is 3.47. The summed E-state index contributed by atoms with van der Waals surface area (Å²) in [5.74, 6) is -0.218. The van der Waals surface area contributed by atoms with Crippen LogP contribution in [0.3, 0.4) is 0 Å². The number of para-hydroxylation sites is 1. The van der Waals surface area contributed by atoms with Crippen molar-refractivity contribution >= 4 is 17.7 Å². The summed E-state index contributed by atoms with van der Waals surface area (Å²) >= 11 is 0. The van der Waals surface area contributed by atoms with Crippen molar-refractivity contribution < 1.29 is 9.53 Å². The third kappa shape index (κ3) is 2.49. The number of esters is 1. The number of nitrogens with zero attached hydrogens (tertiary/aromatic N) is 1. The van der Waals surface area contributed by atoms with Crippen molar-refractivity contribution in [1.82, 2.24) is 0 Å². The summed E-state index contributed by atoms with van der Waals surface area (Å²) in [4.78, 5) is 13.8. The Hall–Kier alpha value is -1.77. The lowest BCUT2D eigenvalue weighted by Gasteiger charge is -2.24. The monoisotopic (exact) mass is 231 g/mol. The van der Waals surface area contributed by atoms with E-state index in [0.717, 1.165) is 36.2 Å². The van der Waals surface area contributed by atoms with Crippen LogP contribution >= 0.6 is 0 Å². The average Bonchev–Trinajstić information content (AvgIpc) is 2.34. The normalized spacial score (nSPS) is 18.5. The molecule has 3 nitrogen and oxygen atoms in total. The molecule has 0 aliphatic carbocycles. The second-order valence-electron chi connectivity index (χ2n) is 4.25. The highest BCUT2D eigenvalue weighted by molar-refractivity contribution is 5.94. The molecule has 3 heteroatoms. The zero-order valence-corrected chi connectivity index (χ0v) is 10.3. The maximum absolute atomic E-state index is 11.6. The van der Waals surface area contributed by atoms with E-state index < -0.39 is 0 Å². The Balaban J connectivity index is 2.44. The Morgan fingerprint density at radius 3 is 2.88 bits per heavy atom. The Labute approximate surface area is 102 Å². The van der Waals surface area contributed by atoms with Gasteiger partial charge in [-0.2, -0.15) is 0 Å². The minimum Gasteiger partial charge on any atom is -0.466 e. The maximum Gasteiger partial charge on any atom is 0.333 e. The highest BCUT2D eigenvalue weighted by Gasteiger charge is 2.15. The maximum atomic E-state index is 11.6. The van der Waals surface area contributed by atoms with Gasteiger partial charge in [0.2, 0.25) is 0 Å². The number of carbonyl (C=O) groups excluding carboxylic acids is 1. The lowest BCUT2D eigenvalue weighted by Crippen LogP contribution is -2.21. The zero-order chi connectivity index (χ0) is 12.3. The Bertz CT molecular complexity index is 451. The molecule has 0 atom stereocenters. The number of carbonyl (C=O) groups is 1.